The SMILES string of the molecule is CCc1ccc(S(=O)(=O)NC(C)Cc2ccco2)cc1. The molecule has 1 atom stereocenters. The van der Waals surface area contributed by atoms with Crippen molar-refractivity contribution in [2.75, 3.05) is 0 Å². The fourth-order valence-electron chi connectivity index (χ4n) is 2.01. The first-order valence-electron chi connectivity index (χ1n) is 6.65. The molecule has 1 aromatic heterocycles. The van der Waals surface area contributed by atoms with Gasteiger partial charge in [0.1, 0.15) is 5.76 Å². The van der Waals surface area contributed by atoms with Crippen LogP contribution in [-0.2, 0) is 22.9 Å². The minimum Gasteiger partial charge on any atom is -0.469 e. The van der Waals surface area contributed by atoms with E-state index in [9.17, 15) is 8.42 Å². The summed E-state index contributed by atoms with van der Waals surface area (Å²) in [4.78, 5) is 0.293. The molecule has 20 heavy (non-hydrogen) atoms. The van der Waals surface area contributed by atoms with Gasteiger partial charge in [-0.15, -0.1) is 0 Å². The molecule has 0 saturated heterocycles. The molecular weight excluding hydrogens is 274 g/mol. The predicted molar refractivity (Wildman–Crippen MR) is 78.0 cm³/mol. The van der Waals surface area contributed by atoms with Crippen LogP contribution in [-0.4, -0.2) is 14.5 Å². The fourth-order valence-corrected chi connectivity index (χ4v) is 3.25. The van der Waals surface area contributed by atoms with Gasteiger partial charge in [0.25, 0.3) is 0 Å². The van der Waals surface area contributed by atoms with Crippen molar-refractivity contribution in [3.05, 3.63) is 54.0 Å². The fraction of sp³-hybridized carbons (Fsp3) is 0.333. The van der Waals surface area contributed by atoms with E-state index >= 15 is 0 Å². The van der Waals surface area contributed by atoms with Crippen LogP contribution in [0.15, 0.2) is 52.0 Å². The van der Waals surface area contributed by atoms with Crippen LogP contribution in [0, 0.1) is 0 Å². The molecule has 0 amide bonds. The number of hydrogen-bond donors (Lipinski definition) is 1. The quantitative estimate of drug-likeness (QED) is 0.891. The first-order valence-corrected chi connectivity index (χ1v) is 8.13. The Balaban J connectivity index is 2.05. The number of hydrogen-bond acceptors (Lipinski definition) is 3. The second-order valence-corrected chi connectivity index (χ2v) is 6.52. The summed E-state index contributed by atoms with van der Waals surface area (Å²) in [6.07, 6.45) is 3.00. The summed E-state index contributed by atoms with van der Waals surface area (Å²) in [6.45, 7) is 3.85. The van der Waals surface area contributed by atoms with E-state index in [4.69, 9.17) is 4.42 Å². The van der Waals surface area contributed by atoms with Crippen LogP contribution >= 0.6 is 0 Å². The van der Waals surface area contributed by atoms with Crippen molar-refractivity contribution in [3.63, 3.8) is 0 Å². The Labute approximate surface area is 119 Å². The molecule has 0 aliphatic heterocycles. The summed E-state index contributed by atoms with van der Waals surface area (Å²) >= 11 is 0. The van der Waals surface area contributed by atoms with Crippen LogP contribution in [0.4, 0.5) is 0 Å². The van der Waals surface area contributed by atoms with Gasteiger partial charge in [-0.25, -0.2) is 13.1 Å². The molecule has 1 aromatic carbocycles. The molecule has 0 aliphatic rings. The van der Waals surface area contributed by atoms with E-state index < -0.39 is 10.0 Å². The average Bonchev–Trinajstić information content (AvgIpc) is 2.91. The highest BCUT2D eigenvalue weighted by Gasteiger charge is 2.18. The van der Waals surface area contributed by atoms with Crippen LogP contribution in [0.2, 0.25) is 0 Å². The van der Waals surface area contributed by atoms with Gasteiger partial charge in [0, 0.05) is 12.5 Å². The van der Waals surface area contributed by atoms with Crippen molar-refractivity contribution in [1.29, 1.82) is 0 Å². The van der Waals surface area contributed by atoms with E-state index in [2.05, 4.69) is 4.72 Å². The number of benzene rings is 1. The molecule has 0 saturated carbocycles. The zero-order valence-corrected chi connectivity index (χ0v) is 12.5. The molecule has 1 unspecified atom stereocenters. The molecule has 5 heteroatoms. The molecule has 108 valence electrons. The maximum absolute atomic E-state index is 12.2. The molecule has 0 bridgehead atoms. The predicted octanol–water partition coefficient (Wildman–Crippen LogP) is 2.75. The molecule has 2 aromatic rings. The summed E-state index contributed by atoms with van der Waals surface area (Å²) < 4.78 is 32.3. The lowest BCUT2D eigenvalue weighted by Crippen LogP contribution is -2.34. The first kappa shape index (κ1) is 14.8. The highest BCUT2D eigenvalue weighted by Crippen LogP contribution is 2.12. The summed E-state index contributed by atoms with van der Waals surface area (Å²) in [5.41, 5.74) is 1.12. The van der Waals surface area contributed by atoms with Gasteiger partial charge in [-0.05, 0) is 43.2 Å². The molecule has 1 N–H and O–H groups in total. The minimum absolute atomic E-state index is 0.225. The molecule has 0 radical (unpaired) electrons. The van der Waals surface area contributed by atoms with Crippen molar-refractivity contribution >= 4 is 10.0 Å². The molecule has 4 nitrogen and oxygen atoms in total. The van der Waals surface area contributed by atoms with E-state index in [-0.39, 0.29) is 6.04 Å². The Hall–Kier alpha value is -1.59. The van der Waals surface area contributed by atoms with Crippen LogP contribution in [0.1, 0.15) is 25.2 Å². The van der Waals surface area contributed by atoms with Crippen LogP contribution < -0.4 is 4.72 Å². The maximum Gasteiger partial charge on any atom is 0.240 e. The number of nitrogens with one attached hydrogen (secondary N) is 1. The number of aryl methyl sites for hydroxylation is 1. The van der Waals surface area contributed by atoms with Crippen molar-refractivity contribution < 1.29 is 12.8 Å². The molecule has 0 fully saturated rings. The Bertz CT molecular complexity index is 630. The second-order valence-electron chi connectivity index (χ2n) is 4.80. The van der Waals surface area contributed by atoms with Gasteiger partial charge in [-0.2, -0.15) is 0 Å². The van der Waals surface area contributed by atoms with Crippen LogP contribution in [0.5, 0.6) is 0 Å². The zero-order chi connectivity index (χ0) is 14.6. The van der Waals surface area contributed by atoms with Gasteiger partial charge in [0.2, 0.25) is 10.0 Å². The van der Waals surface area contributed by atoms with Crippen LogP contribution in [0.3, 0.4) is 0 Å². The summed E-state index contributed by atoms with van der Waals surface area (Å²) in [6, 6.07) is 10.4. The van der Waals surface area contributed by atoms with E-state index in [0.29, 0.717) is 11.3 Å². The van der Waals surface area contributed by atoms with E-state index in [1.54, 1.807) is 24.5 Å². The smallest absolute Gasteiger partial charge is 0.240 e. The summed E-state index contributed by atoms with van der Waals surface area (Å²) in [5.74, 6) is 0.765. The van der Waals surface area contributed by atoms with Gasteiger partial charge < -0.3 is 4.42 Å². The molecule has 0 aliphatic carbocycles. The van der Waals surface area contributed by atoms with Crippen molar-refractivity contribution in [2.45, 2.75) is 37.6 Å². The lowest BCUT2D eigenvalue weighted by molar-refractivity contribution is 0.479. The highest BCUT2D eigenvalue weighted by atomic mass is 32.2. The van der Waals surface area contributed by atoms with Crippen molar-refractivity contribution in [3.8, 4) is 0 Å². The van der Waals surface area contributed by atoms with Gasteiger partial charge in [-0.1, -0.05) is 19.1 Å². The van der Waals surface area contributed by atoms with E-state index in [1.807, 2.05) is 32.0 Å². The van der Waals surface area contributed by atoms with E-state index in [1.165, 1.54) is 0 Å². The third-order valence-corrected chi connectivity index (χ3v) is 4.69. The normalized spacial score (nSPS) is 13.3. The summed E-state index contributed by atoms with van der Waals surface area (Å²) in [7, 11) is -3.48. The second kappa shape index (κ2) is 6.24. The lowest BCUT2D eigenvalue weighted by atomic mass is 10.2. The van der Waals surface area contributed by atoms with Gasteiger partial charge in [0.05, 0.1) is 11.2 Å². The Kier molecular flexibility index (Phi) is 4.62. The lowest BCUT2D eigenvalue weighted by Gasteiger charge is -2.13. The third-order valence-electron chi connectivity index (χ3n) is 3.09. The Morgan fingerprint density at radius 2 is 1.90 bits per heavy atom. The molecule has 0 spiro atoms. The average molecular weight is 293 g/mol. The summed E-state index contributed by atoms with van der Waals surface area (Å²) in [5, 5.41) is 0. The minimum atomic E-state index is -3.48. The largest absolute Gasteiger partial charge is 0.469 e. The number of furan rings is 1. The Morgan fingerprint density at radius 1 is 1.20 bits per heavy atom. The van der Waals surface area contributed by atoms with Crippen molar-refractivity contribution in [2.24, 2.45) is 0 Å². The maximum atomic E-state index is 12.2. The van der Waals surface area contributed by atoms with Crippen molar-refractivity contribution in [1.82, 2.24) is 4.72 Å². The number of sulfonamides is 1. The monoisotopic (exact) mass is 293 g/mol. The topological polar surface area (TPSA) is 59.3 Å². The molecule has 1 heterocycles. The number of rotatable bonds is 6. The highest BCUT2D eigenvalue weighted by molar-refractivity contribution is 7.89. The van der Waals surface area contributed by atoms with Gasteiger partial charge in [0.15, 0.2) is 0 Å². The zero-order valence-electron chi connectivity index (χ0n) is 11.7. The molecule has 2 rings (SSSR count). The van der Waals surface area contributed by atoms with Gasteiger partial charge in [-0.3, -0.25) is 0 Å². The van der Waals surface area contributed by atoms with Gasteiger partial charge >= 0.3 is 0 Å². The molecular formula is C15H19NO3S. The van der Waals surface area contributed by atoms with E-state index in [0.717, 1.165) is 17.7 Å². The first-order chi connectivity index (χ1) is 9.51. The van der Waals surface area contributed by atoms with Crippen LogP contribution in [0.25, 0.3) is 0 Å². The standard InChI is InChI=1S/C15H19NO3S/c1-3-13-6-8-15(9-7-13)20(17,18)16-12(2)11-14-5-4-10-19-14/h4-10,12,16H,3,11H2,1-2H3. The Morgan fingerprint density at radius 3 is 2.45 bits per heavy atom. The third kappa shape index (κ3) is 3.71.